The quantitative estimate of drug-likeness (QED) is 0.902. The molecule has 2 heterocycles. The number of benzene rings is 1. The maximum atomic E-state index is 12.2. The fraction of sp³-hybridized carbons (Fsp3) is 0.286. The number of aromatic nitrogens is 1. The summed E-state index contributed by atoms with van der Waals surface area (Å²) in [6.45, 7) is 1.96. The van der Waals surface area contributed by atoms with Crippen molar-refractivity contribution in [3.05, 3.63) is 46.4 Å². The molecule has 98 valence electrons. The molecule has 0 radical (unpaired) electrons. The summed E-state index contributed by atoms with van der Waals surface area (Å²) in [5, 5.41) is 9.11. The van der Waals surface area contributed by atoms with Gasteiger partial charge in [0.15, 0.2) is 0 Å². The predicted molar refractivity (Wildman–Crippen MR) is 76.2 cm³/mol. The van der Waals surface area contributed by atoms with E-state index in [4.69, 9.17) is 0 Å². The number of carbonyl (C=O) groups excluding carboxylic acids is 1. The molecule has 1 amide bonds. The number of anilines is 1. The summed E-state index contributed by atoms with van der Waals surface area (Å²) in [5.74, 6) is 0.0268. The molecule has 0 aliphatic carbocycles. The summed E-state index contributed by atoms with van der Waals surface area (Å²) < 4.78 is 0. The summed E-state index contributed by atoms with van der Waals surface area (Å²) in [5.41, 5.74) is 2.26. The summed E-state index contributed by atoms with van der Waals surface area (Å²) in [4.78, 5) is 16.4. The fourth-order valence-electron chi connectivity index (χ4n) is 2.28. The van der Waals surface area contributed by atoms with Gasteiger partial charge in [-0.15, -0.1) is 11.3 Å². The lowest BCUT2D eigenvalue weighted by atomic mass is 10.1. The Hall–Kier alpha value is -1.88. The highest BCUT2D eigenvalue weighted by molar-refractivity contribution is 7.09. The van der Waals surface area contributed by atoms with Gasteiger partial charge in [-0.1, -0.05) is 18.2 Å². The van der Waals surface area contributed by atoms with Crippen LogP contribution >= 0.6 is 11.3 Å². The Morgan fingerprint density at radius 3 is 3.11 bits per heavy atom. The van der Waals surface area contributed by atoms with Crippen LogP contribution in [0.2, 0.25) is 0 Å². The lowest BCUT2D eigenvalue weighted by Crippen LogP contribution is -2.39. The van der Waals surface area contributed by atoms with Crippen LogP contribution in [0.15, 0.2) is 35.8 Å². The molecule has 1 unspecified atom stereocenters. The van der Waals surface area contributed by atoms with Crippen LogP contribution < -0.4 is 10.6 Å². The van der Waals surface area contributed by atoms with Crippen LogP contribution in [0.25, 0.3) is 0 Å². The Bertz CT molecular complexity index is 557. The minimum Gasteiger partial charge on any atom is -0.373 e. The Morgan fingerprint density at radius 1 is 1.53 bits per heavy atom. The topological polar surface area (TPSA) is 54.0 Å². The summed E-state index contributed by atoms with van der Waals surface area (Å²) in [6.07, 6.45) is 2.50. The molecule has 0 spiro atoms. The van der Waals surface area contributed by atoms with Crippen LogP contribution in [-0.4, -0.2) is 16.9 Å². The molecule has 0 bridgehead atoms. The molecule has 19 heavy (non-hydrogen) atoms. The normalized spacial score (nSPS) is 18.5. The van der Waals surface area contributed by atoms with Crippen LogP contribution in [0.3, 0.4) is 0 Å². The number of para-hydroxylation sites is 1. The molecule has 2 N–H and O–H groups in total. The molecule has 4 nitrogen and oxygen atoms in total. The van der Waals surface area contributed by atoms with Crippen molar-refractivity contribution in [2.24, 2.45) is 0 Å². The number of hydrogen-bond donors (Lipinski definition) is 2. The van der Waals surface area contributed by atoms with Crippen molar-refractivity contribution in [3.8, 4) is 0 Å². The van der Waals surface area contributed by atoms with Crippen LogP contribution in [0, 0.1) is 0 Å². The SMILES string of the molecule is CC(NC(=O)[C@@H]1Cc2ccccc2N1)c1nccs1. The van der Waals surface area contributed by atoms with E-state index in [0.717, 1.165) is 17.1 Å². The highest BCUT2D eigenvalue weighted by Crippen LogP contribution is 2.25. The number of nitrogens with zero attached hydrogens (tertiary/aromatic N) is 1. The van der Waals surface area contributed by atoms with Gasteiger partial charge in [-0.25, -0.2) is 4.98 Å². The van der Waals surface area contributed by atoms with Gasteiger partial charge in [-0.2, -0.15) is 0 Å². The van der Waals surface area contributed by atoms with Crippen molar-refractivity contribution in [2.75, 3.05) is 5.32 Å². The van der Waals surface area contributed by atoms with Crippen LogP contribution in [0.1, 0.15) is 23.5 Å². The molecule has 0 saturated heterocycles. The first-order valence-corrected chi connectivity index (χ1v) is 7.16. The second kappa shape index (κ2) is 5.01. The fourth-order valence-corrected chi connectivity index (χ4v) is 2.93. The standard InChI is InChI=1S/C14H15N3OS/c1-9(14-15-6-7-19-14)16-13(18)12-8-10-4-2-3-5-11(10)17-12/h2-7,9,12,17H,8H2,1H3,(H,16,18)/t9?,12-/m0/s1. The smallest absolute Gasteiger partial charge is 0.243 e. The molecule has 3 rings (SSSR count). The lowest BCUT2D eigenvalue weighted by Gasteiger charge is -2.15. The second-order valence-electron chi connectivity index (χ2n) is 4.66. The number of rotatable bonds is 3. The van der Waals surface area contributed by atoms with Gasteiger partial charge >= 0.3 is 0 Å². The number of nitrogens with one attached hydrogen (secondary N) is 2. The zero-order valence-electron chi connectivity index (χ0n) is 10.6. The maximum Gasteiger partial charge on any atom is 0.243 e. The van der Waals surface area contributed by atoms with E-state index in [1.165, 1.54) is 5.56 Å². The highest BCUT2D eigenvalue weighted by Gasteiger charge is 2.27. The Labute approximate surface area is 115 Å². The number of hydrogen-bond acceptors (Lipinski definition) is 4. The molecule has 1 aliphatic rings. The van der Waals surface area contributed by atoms with Gasteiger partial charge in [-0.05, 0) is 18.6 Å². The zero-order valence-corrected chi connectivity index (χ0v) is 11.4. The number of fused-ring (bicyclic) bond motifs is 1. The monoisotopic (exact) mass is 273 g/mol. The minimum atomic E-state index is -0.181. The van der Waals surface area contributed by atoms with Crippen LogP contribution in [0.5, 0.6) is 0 Å². The third-order valence-electron chi connectivity index (χ3n) is 3.27. The van der Waals surface area contributed by atoms with Crippen molar-refractivity contribution < 1.29 is 4.79 Å². The van der Waals surface area contributed by atoms with Gasteiger partial charge in [0.25, 0.3) is 0 Å². The van der Waals surface area contributed by atoms with Crippen molar-refractivity contribution in [2.45, 2.75) is 25.4 Å². The van der Waals surface area contributed by atoms with Gasteiger partial charge < -0.3 is 10.6 Å². The van der Waals surface area contributed by atoms with Crippen LogP contribution in [-0.2, 0) is 11.2 Å². The first-order valence-electron chi connectivity index (χ1n) is 6.28. The Balaban J connectivity index is 1.64. The van der Waals surface area contributed by atoms with Gasteiger partial charge in [0.1, 0.15) is 11.0 Å². The third-order valence-corrected chi connectivity index (χ3v) is 4.23. The van der Waals surface area contributed by atoms with Crippen LogP contribution in [0.4, 0.5) is 5.69 Å². The van der Waals surface area contributed by atoms with E-state index in [-0.39, 0.29) is 18.0 Å². The summed E-state index contributed by atoms with van der Waals surface area (Å²) in [6, 6.07) is 7.81. The summed E-state index contributed by atoms with van der Waals surface area (Å²) in [7, 11) is 0. The molecule has 5 heteroatoms. The molecule has 1 aromatic carbocycles. The van der Waals surface area contributed by atoms with E-state index in [1.54, 1.807) is 17.5 Å². The van der Waals surface area contributed by atoms with Gasteiger partial charge in [-0.3, -0.25) is 4.79 Å². The molecule has 1 aromatic heterocycles. The number of carbonyl (C=O) groups is 1. The van der Waals surface area contributed by atoms with E-state index in [0.29, 0.717) is 0 Å². The molecular formula is C14H15N3OS. The van der Waals surface area contributed by atoms with Gasteiger partial charge in [0.05, 0.1) is 6.04 Å². The van der Waals surface area contributed by atoms with E-state index >= 15 is 0 Å². The molecule has 2 atom stereocenters. The maximum absolute atomic E-state index is 12.2. The highest BCUT2D eigenvalue weighted by atomic mass is 32.1. The first-order chi connectivity index (χ1) is 9.24. The van der Waals surface area contributed by atoms with Crippen molar-refractivity contribution >= 4 is 22.9 Å². The summed E-state index contributed by atoms with van der Waals surface area (Å²) >= 11 is 1.56. The second-order valence-corrected chi connectivity index (χ2v) is 5.58. The Kier molecular flexibility index (Phi) is 3.21. The Morgan fingerprint density at radius 2 is 2.37 bits per heavy atom. The number of amides is 1. The average Bonchev–Trinajstić information content (AvgIpc) is 3.07. The number of thiazole rings is 1. The van der Waals surface area contributed by atoms with Gasteiger partial charge in [0, 0.05) is 23.7 Å². The van der Waals surface area contributed by atoms with Crippen molar-refractivity contribution in [1.29, 1.82) is 0 Å². The minimum absolute atomic E-state index is 0.0268. The zero-order chi connectivity index (χ0) is 13.2. The largest absolute Gasteiger partial charge is 0.373 e. The molecule has 0 fully saturated rings. The molecule has 1 aliphatic heterocycles. The van der Waals surface area contributed by atoms with E-state index < -0.39 is 0 Å². The molecule has 0 saturated carbocycles. The van der Waals surface area contributed by atoms with E-state index in [9.17, 15) is 4.79 Å². The first kappa shape index (κ1) is 12.2. The van der Waals surface area contributed by atoms with Crippen molar-refractivity contribution in [1.82, 2.24) is 10.3 Å². The van der Waals surface area contributed by atoms with E-state index in [2.05, 4.69) is 21.7 Å². The molecule has 2 aromatic rings. The molecular weight excluding hydrogens is 258 g/mol. The average molecular weight is 273 g/mol. The van der Waals surface area contributed by atoms with Crippen molar-refractivity contribution in [3.63, 3.8) is 0 Å². The van der Waals surface area contributed by atoms with E-state index in [1.807, 2.05) is 30.5 Å². The van der Waals surface area contributed by atoms with Gasteiger partial charge in [0.2, 0.25) is 5.91 Å². The predicted octanol–water partition coefficient (Wildman–Crippen LogP) is 2.36. The lowest BCUT2D eigenvalue weighted by molar-refractivity contribution is -0.122. The third kappa shape index (κ3) is 2.46.